The monoisotopic (exact) mass is 885 g/mol. The molecule has 4 saturated heterocycles. The lowest BCUT2D eigenvalue weighted by molar-refractivity contribution is -0.290. The van der Waals surface area contributed by atoms with Crippen LogP contribution in [-0.4, -0.2) is 103 Å². The molecule has 11 heteroatoms. The first-order valence-electron chi connectivity index (χ1n) is 24.5. The quantitative estimate of drug-likeness (QED) is 0.108. The van der Waals surface area contributed by atoms with Gasteiger partial charge in [-0.1, -0.05) is 104 Å². The molecule has 4 aliphatic heterocycles. The third-order valence-electron chi connectivity index (χ3n) is 16.5. The second-order valence-corrected chi connectivity index (χ2v) is 39.0. The highest BCUT2D eigenvalue weighted by molar-refractivity contribution is 6.78. The standard InChI is InChI=1S/C48H96O8Si3/c1-32(2)58(33(3)4,34(5)6)50-29-21-22-38-30-42(55-59(35(7)8,36(9)10)37(11)12)45-41(51-38)31-44-47(16,54-45)26-24-39-40(53-44)25-27-48(17,43(52-39)23-20-28-49)56-57(18,19)46(13,14)15/h32-45,49H,20-31H2,1-19H3/t38-,39+,40-,41-,42+,43-,44+,45-,47-,48+/m1/s1. The first kappa shape index (κ1) is 52.0. The maximum absolute atomic E-state index is 9.95. The third-order valence-corrected chi connectivity index (χ3v) is 33.3. The number of rotatable bonds is 18. The van der Waals surface area contributed by atoms with Gasteiger partial charge in [-0.05, 0) is 117 Å². The van der Waals surface area contributed by atoms with Crippen LogP contribution in [0.4, 0.5) is 0 Å². The first-order chi connectivity index (χ1) is 27.2. The molecule has 0 bridgehead atoms. The van der Waals surface area contributed by atoms with Crippen molar-refractivity contribution >= 4 is 25.0 Å². The van der Waals surface area contributed by atoms with E-state index in [1.165, 1.54) is 0 Å². The van der Waals surface area contributed by atoms with Crippen LogP contribution in [0, 0.1) is 0 Å². The molecule has 0 aliphatic carbocycles. The molecule has 0 saturated carbocycles. The van der Waals surface area contributed by atoms with E-state index in [4.69, 9.17) is 32.2 Å². The molecular formula is C48H96O8Si3. The van der Waals surface area contributed by atoms with Gasteiger partial charge < -0.3 is 37.3 Å². The van der Waals surface area contributed by atoms with Gasteiger partial charge in [0.25, 0.3) is 0 Å². The molecular weight excluding hydrogens is 789 g/mol. The van der Waals surface area contributed by atoms with Crippen LogP contribution in [0.15, 0.2) is 0 Å². The van der Waals surface area contributed by atoms with Gasteiger partial charge in [-0.25, -0.2) is 0 Å². The topological polar surface area (TPSA) is 84.8 Å². The fraction of sp³-hybridized carbons (Fsp3) is 1.00. The van der Waals surface area contributed by atoms with Crippen molar-refractivity contribution < 1.29 is 37.3 Å². The Labute approximate surface area is 367 Å². The maximum Gasteiger partial charge on any atom is 0.200 e. The summed E-state index contributed by atoms with van der Waals surface area (Å²) in [7, 11) is -6.28. The second kappa shape index (κ2) is 20.2. The molecule has 0 aromatic carbocycles. The second-order valence-electron chi connectivity index (χ2n) is 23.4. The lowest BCUT2D eigenvalue weighted by atomic mass is 9.81. The molecule has 59 heavy (non-hydrogen) atoms. The van der Waals surface area contributed by atoms with Gasteiger partial charge in [-0.3, -0.25) is 0 Å². The van der Waals surface area contributed by atoms with Gasteiger partial charge in [0.05, 0.1) is 53.9 Å². The van der Waals surface area contributed by atoms with Crippen molar-refractivity contribution in [3.63, 3.8) is 0 Å². The Balaban J connectivity index is 1.61. The minimum atomic E-state index is -2.23. The van der Waals surface area contributed by atoms with Gasteiger partial charge in [0, 0.05) is 26.1 Å². The van der Waals surface area contributed by atoms with Crippen LogP contribution in [0.3, 0.4) is 0 Å². The number of ether oxygens (including phenoxy) is 4. The van der Waals surface area contributed by atoms with Gasteiger partial charge in [0.1, 0.15) is 6.10 Å². The van der Waals surface area contributed by atoms with E-state index in [2.05, 4.69) is 131 Å². The minimum absolute atomic E-state index is 0.0206. The molecule has 0 aromatic rings. The first-order valence-corrected chi connectivity index (χ1v) is 31.7. The zero-order valence-electron chi connectivity index (χ0n) is 41.9. The van der Waals surface area contributed by atoms with Crippen molar-refractivity contribution in [3.05, 3.63) is 0 Å². The summed E-state index contributed by atoms with van der Waals surface area (Å²) in [6, 6.07) is 0. The van der Waals surface area contributed by atoms with Crippen LogP contribution in [0.1, 0.15) is 182 Å². The number of hydrogen-bond donors (Lipinski definition) is 1. The fourth-order valence-electron chi connectivity index (χ4n) is 12.4. The van der Waals surface area contributed by atoms with Crippen molar-refractivity contribution in [1.29, 1.82) is 0 Å². The molecule has 4 heterocycles. The molecule has 0 unspecified atom stereocenters. The SMILES string of the molecule is CC(C)[Si](OCCC[C@@H]1C[C@H](O[Si](C(C)C)(C(C)C)C(C)C)[C@@H]2O[C@]3(C)CC[C@@H]4O[C@H](CCCO)[C@@](C)(O[Si](C)(C)C(C)(C)C)CC[C@H]4O[C@H]3C[C@H]2O1)(C(C)C)C(C)C. The molecule has 1 N–H and O–H groups in total. The molecule has 348 valence electrons. The third kappa shape index (κ3) is 11.1. The molecule has 4 fully saturated rings. The normalized spacial score (nSPS) is 34.1. The Bertz CT molecular complexity index is 1260. The zero-order chi connectivity index (χ0) is 44.5. The van der Waals surface area contributed by atoms with E-state index in [1.807, 2.05) is 0 Å². The largest absolute Gasteiger partial charge is 0.416 e. The van der Waals surface area contributed by atoms with Crippen LogP contribution in [0.2, 0.25) is 51.4 Å². The van der Waals surface area contributed by atoms with E-state index in [0.717, 1.165) is 64.4 Å². The Morgan fingerprint density at radius 1 is 0.678 bits per heavy atom. The highest BCUT2D eigenvalue weighted by atomic mass is 28.4. The van der Waals surface area contributed by atoms with Crippen LogP contribution in [0.25, 0.3) is 0 Å². The maximum atomic E-state index is 9.95. The Morgan fingerprint density at radius 2 is 1.22 bits per heavy atom. The summed E-state index contributed by atoms with van der Waals surface area (Å²) in [6.07, 6.45) is 8.05. The van der Waals surface area contributed by atoms with Gasteiger partial charge in [-0.2, -0.15) is 0 Å². The van der Waals surface area contributed by atoms with E-state index in [-0.39, 0.29) is 60.5 Å². The summed E-state index contributed by atoms with van der Waals surface area (Å²) in [5.41, 5.74) is 2.26. The number of aliphatic hydroxyl groups excluding tert-OH is 1. The molecule has 10 atom stereocenters. The molecule has 8 nitrogen and oxygen atoms in total. The average molecular weight is 886 g/mol. The van der Waals surface area contributed by atoms with Crippen molar-refractivity contribution in [1.82, 2.24) is 0 Å². The summed E-state index contributed by atoms with van der Waals surface area (Å²) in [4.78, 5) is 0. The zero-order valence-corrected chi connectivity index (χ0v) is 44.9. The Kier molecular flexibility index (Phi) is 17.8. The Hall–Kier alpha value is 0.331. The summed E-state index contributed by atoms with van der Waals surface area (Å²) in [5.74, 6) is 0. The van der Waals surface area contributed by atoms with Gasteiger partial charge >= 0.3 is 0 Å². The predicted molar refractivity (Wildman–Crippen MR) is 252 cm³/mol. The van der Waals surface area contributed by atoms with Gasteiger partial charge in [0.2, 0.25) is 8.32 Å². The Morgan fingerprint density at radius 3 is 1.75 bits per heavy atom. The number of fused-ring (bicyclic) bond motifs is 3. The van der Waals surface area contributed by atoms with Crippen LogP contribution in [-0.2, 0) is 32.2 Å². The van der Waals surface area contributed by atoms with Gasteiger partial charge in [-0.15, -0.1) is 0 Å². The van der Waals surface area contributed by atoms with E-state index in [9.17, 15) is 5.11 Å². The lowest BCUT2D eigenvalue weighted by Crippen LogP contribution is -2.65. The van der Waals surface area contributed by atoms with Crippen LogP contribution in [0.5, 0.6) is 0 Å². The van der Waals surface area contributed by atoms with Crippen molar-refractivity contribution in [2.75, 3.05) is 13.2 Å². The summed E-state index contributed by atoms with van der Waals surface area (Å²) in [6.45, 7) is 45.7. The predicted octanol–water partition coefficient (Wildman–Crippen LogP) is 12.9. The summed E-state index contributed by atoms with van der Waals surface area (Å²) >= 11 is 0. The highest BCUT2D eigenvalue weighted by Gasteiger charge is 2.58. The molecule has 0 aromatic heterocycles. The van der Waals surface area contributed by atoms with E-state index < -0.39 is 36.2 Å². The average Bonchev–Trinajstić information content (AvgIpc) is 3.32. The van der Waals surface area contributed by atoms with Crippen molar-refractivity contribution in [2.45, 2.75) is 293 Å². The number of aliphatic hydroxyl groups is 1. The molecule has 0 radical (unpaired) electrons. The van der Waals surface area contributed by atoms with E-state index in [1.54, 1.807) is 0 Å². The number of hydrogen-bond acceptors (Lipinski definition) is 8. The van der Waals surface area contributed by atoms with Crippen LogP contribution >= 0.6 is 0 Å². The fourth-order valence-corrected chi connectivity index (χ4v) is 25.2. The molecule has 4 aliphatic rings. The van der Waals surface area contributed by atoms with E-state index in [0.29, 0.717) is 39.7 Å². The molecule has 4 rings (SSSR count). The van der Waals surface area contributed by atoms with E-state index >= 15 is 0 Å². The summed E-state index contributed by atoms with van der Waals surface area (Å²) < 4.78 is 51.2. The smallest absolute Gasteiger partial charge is 0.200 e. The van der Waals surface area contributed by atoms with Crippen molar-refractivity contribution in [3.8, 4) is 0 Å². The highest BCUT2D eigenvalue weighted by Crippen LogP contribution is 2.51. The minimum Gasteiger partial charge on any atom is -0.416 e. The van der Waals surface area contributed by atoms with Crippen LogP contribution < -0.4 is 0 Å². The van der Waals surface area contributed by atoms with Gasteiger partial charge in [0.15, 0.2) is 16.6 Å². The molecule has 0 amide bonds. The lowest BCUT2D eigenvalue weighted by Gasteiger charge is -2.55. The summed E-state index contributed by atoms with van der Waals surface area (Å²) in [5, 5.41) is 10.0. The molecule has 0 spiro atoms. The van der Waals surface area contributed by atoms with Crippen molar-refractivity contribution in [2.24, 2.45) is 0 Å².